The third-order valence-corrected chi connectivity index (χ3v) is 6.31. The molecule has 0 spiro atoms. The zero-order valence-electron chi connectivity index (χ0n) is 13.3. The highest BCUT2D eigenvalue weighted by molar-refractivity contribution is 8.22. The Hall–Kier alpha value is -1.71. The summed E-state index contributed by atoms with van der Waals surface area (Å²) in [5.41, 5.74) is 5.42. The Morgan fingerprint density at radius 3 is 2.83 bits per heavy atom. The van der Waals surface area contributed by atoms with Gasteiger partial charge in [0.25, 0.3) is 0 Å². The molecule has 0 aliphatic carbocycles. The molecule has 1 fully saturated rings. The van der Waals surface area contributed by atoms with Crippen molar-refractivity contribution >= 4 is 27.5 Å². The van der Waals surface area contributed by atoms with E-state index in [-0.39, 0.29) is 12.5 Å². The van der Waals surface area contributed by atoms with Crippen LogP contribution in [0.25, 0.3) is 10.8 Å². The number of nitrogens with zero attached hydrogens (tertiary/aromatic N) is 3. The SMILES string of the molecule is NCC(=O)N1CCCN(S(O)(O)c2cccc3cnccc23)CC1. The third kappa shape index (κ3) is 3.24. The fourth-order valence-electron chi connectivity index (χ4n) is 3.00. The number of hydrogen-bond acceptors (Lipinski definition) is 6. The molecule has 7 nitrogen and oxygen atoms in total. The molecule has 0 bridgehead atoms. The normalized spacial score (nSPS) is 17.7. The van der Waals surface area contributed by atoms with E-state index in [2.05, 4.69) is 4.98 Å². The van der Waals surface area contributed by atoms with Crippen LogP contribution in [0, 0.1) is 0 Å². The molecule has 1 aliphatic rings. The third-order valence-electron chi connectivity index (χ3n) is 4.28. The summed E-state index contributed by atoms with van der Waals surface area (Å²) in [6.07, 6.45) is 4.03. The number of nitrogens with two attached hydrogens (primary N) is 1. The lowest BCUT2D eigenvalue weighted by molar-refractivity contribution is -0.129. The van der Waals surface area contributed by atoms with E-state index in [0.717, 1.165) is 10.8 Å². The molecule has 1 aliphatic heterocycles. The highest BCUT2D eigenvalue weighted by Crippen LogP contribution is 2.54. The summed E-state index contributed by atoms with van der Waals surface area (Å²) >= 11 is 0. The largest absolute Gasteiger partial charge is 0.340 e. The van der Waals surface area contributed by atoms with Gasteiger partial charge in [-0.05, 0) is 18.6 Å². The number of carbonyl (C=O) groups is 1. The zero-order chi connectivity index (χ0) is 17.2. The fourth-order valence-corrected chi connectivity index (χ4v) is 4.74. The van der Waals surface area contributed by atoms with Gasteiger partial charge in [0, 0.05) is 49.3 Å². The van der Waals surface area contributed by atoms with Gasteiger partial charge in [0.05, 0.1) is 11.4 Å². The molecule has 8 heteroatoms. The second-order valence-electron chi connectivity index (χ2n) is 5.74. The number of carbonyl (C=O) groups excluding carboxylic acids is 1. The number of aromatic nitrogens is 1. The molecule has 2 heterocycles. The van der Waals surface area contributed by atoms with Gasteiger partial charge in [0.1, 0.15) is 0 Å². The molecule has 0 radical (unpaired) electrons. The molecule has 3 rings (SSSR count). The quantitative estimate of drug-likeness (QED) is 0.779. The van der Waals surface area contributed by atoms with Crippen LogP contribution in [0.2, 0.25) is 0 Å². The smallest absolute Gasteiger partial charge is 0.236 e. The van der Waals surface area contributed by atoms with Crippen LogP contribution in [-0.4, -0.2) is 61.9 Å². The summed E-state index contributed by atoms with van der Waals surface area (Å²) in [6, 6.07) is 7.23. The summed E-state index contributed by atoms with van der Waals surface area (Å²) in [6.45, 7) is 1.92. The van der Waals surface area contributed by atoms with E-state index in [1.54, 1.807) is 39.8 Å². The van der Waals surface area contributed by atoms with Crippen LogP contribution in [0.3, 0.4) is 0 Å². The van der Waals surface area contributed by atoms with Crippen molar-refractivity contribution in [2.75, 3.05) is 32.7 Å². The van der Waals surface area contributed by atoms with E-state index in [0.29, 0.717) is 37.5 Å². The molecule has 1 amide bonds. The van der Waals surface area contributed by atoms with Crippen molar-refractivity contribution in [1.82, 2.24) is 14.2 Å². The van der Waals surface area contributed by atoms with Gasteiger partial charge in [-0.15, -0.1) is 10.8 Å². The predicted molar refractivity (Wildman–Crippen MR) is 94.7 cm³/mol. The van der Waals surface area contributed by atoms with Gasteiger partial charge in [-0.2, -0.15) is 0 Å². The van der Waals surface area contributed by atoms with Crippen LogP contribution in [0.5, 0.6) is 0 Å². The lowest BCUT2D eigenvalue weighted by Crippen LogP contribution is -2.39. The Morgan fingerprint density at radius 2 is 2.04 bits per heavy atom. The number of amides is 1. The van der Waals surface area contributed by atoms with Crippen molar-refractivity contribution in [3.8, 4) is 0 Å². The summed E-state index contributed by atoms with van der Waals surface area (Å²) in [5.74, 6) is -0.107. The first-order chi connectivity index (χ1) is 11.5. The Balaban J connectivity index is 1.88. The van der Waals surface area contributed by atoms with Crippen molar-refractivity contribution in [3.63, 3.8) is 0 Å². The first kappa shape index (κ1) is 17.1. The average molecular weight is 350 g/mol. The highest BCUT2D eigenvalue weighted by Gasteiger charge is 2.29. The first-order valence-electron chi connectivity index (χ1n) is 7.88. The minimum Gasteiger partial charge on any atom is -0.340 e. The van der Waals surface area contributed by atoms with Crippen LogP contribution in [0.1, 0.15) is 6.42 Å². The van der Waals surface area contributed by atoms with Gasteiger partial charge in [-0.3, -0.25) is 18.9 Å². The minimum atomic E-state index is -3.13. The number of fused-ring (bicyclic) bond motifs is 1. The maximum Gasteiger partial charge on any atom is 0.236 e. The van der Waals surface area contributed by atoms with Crippen molar-refractivity contribution < 1.29 is 13.9 Å². The number of benzene rings is 1. The van der Waals surface area contributed by atoms with Crippen LogP contribution in [-0.2, 0) is 4.79 Å². The molecule has 1 aromatic heterocycles. The monoisotopic (exact) mass is 350 g/mol. The van der Waals surface area contributed by atoms with E-state index in [1.165, 1.54) is 0 Å². The molecule has 130 valence electrons. The second kappa shape index (κ2) is 7.04. The van der Waals surface area contributed by atoms with Gasteiger partial charge in [0.2, 0.25) is 5.91 Å². The fraction of sp³-hybridized carbons (Fsp3) is 0.375. The number of hydrogen-bond donors (Lipinski definition) is 3. The molecular formula is C16H22N4O3S. The summed E-state index contributed by atoms with van der Waals surface area (Å²) in [4.78, 5) is 18.0. The maximum absolute atomic E-state index is 11.8. The van der Waals surface area contributed by atoms with E-state index in [4.69, 9.17) is 5.73 Å². The molecule has 1 aromatic carbocycles. The van der Waals surface area contributed by atoms with E-state index >= 15 is 0 Å². The maximum atomic E-state index is 11.8. The highest BCUT2D eigenvalue weighted by atomic mass is 32.3. The Morgan fingerprint density at radius 1 is 1.21 bits per heavy atom. The van der Waals surface area contributed by atoms with E-state index in [1.807, 2.05) is 6.07 Å². The molecule has 24 heavy (non-hydrogen) atoms. The zero-order valence-corrected chi connectivity index (χ0v) is 14.2. The topological polar surface area (TPSA) is 103 Å². The summed E-state index contributed by atoms with van der Waals surface area (Å²) in [5, 5.41) is 1.65. The average Bonchev–Trinajstić information content (AvgIpc) is 2.87. The van der Waals surface area contributed by atoms with Gasteiger partial charge in [-0.1, -0.05) is 12.1 Å². The van der Waals surface area contributed by atoms with Crippen molar-refractivity contribution in [2.24, 2.45) is 5.73 Å². The first-order valence-corrected chi connectivity index (χ1v) is 9.38. The predicted octanol–water partition coefficient (Wildman–Crippen LogP) is 1.75. The molecule has 4 N–H and O–H groups in total. The van der Waals surface area contributed by atoms with Gasteiger partial charge in [-0.25, -0.2) is 4.31 Å². The van der Waals surface area contributed by atoms with Crippen LogP contribution in [0.15, 0.2) is 41.6 Å². The van der Waals surface area contributed by atoms with Crippen molar-refractivity contribution in [3.05, 3.63) is 36.7 Å². The molecular weight excluding hydrogens is 328 g/mol. The van der Waals surface area contributed by atoms with Gasteiger partial charge >= 0.3 is 0 Å². The van der Waals surface area contributed by atoms with E-state index in [9.17, 15) is 13.9 Å². The molecule has 2 aromatic rings. The molecule has 0 unspecified atom stereocenters. The van der Waals surface area contributed by atoms with Gasteiger partial charge < -0.3 is 10.6 Å². The summed E-state index contributed by atoms with van der Waals surface area (Å²) in [7, 11) is -3.13. The van der Waals surface area contributed by atoms with Crippen molar-refractivity contribution in [1.29, 1.82) is 0 Å². The lowest BCUT2D eigenvalue weighted by Gasteiger charge is -2.43. The Bertz CT molecular complexity index is 735. The summed E-state index contributed by atoms with van der Waals surface area (Å²) < 4.78 is 23.5. The number of pyridine rings is 1. The number of rotatable bonds is 3. The Labute approximate surface area is 142 Å². The van der Waals surface area contributed by atoms with Gasteiger partial charge in [0.15, 0.2) is 0 Å². The minimum absolute atomic E-state index is 0.0213. The standard InChI is InChI=1S/C16H22N4O3S/c17-11-16(21)19-7-2-8-20(10-9-19)24(22,23)15-4-1-3-13-12-18-6-5-14(13)15/h1,3-6,12,22-23H,2,7-11,17H2. The molecule has 0 atom stereocenters. The molecule has 0 saturated carbocycles. The van der Waals surface area contributed by atoms with E-state index < -0.39 is 10.8 Å². The molecule has 1 saturated heterocycles. The van der Waals surface area contributed by atoms with Crippen LogP contribution < -0.4 is 5.73 Å². The van der Waals surface area contributed by atoms with Crippen molar-refractivity contribution in [2.45, 2.75) is 11.3 Å². The van der Waals surface area contributed by atoms with Crippen LogP contribution >= 0.6 is 10.8 Å². The van der Waals surface area contributed by atoms with Crippen LogP contribution in [0.4, 0.5) is 0 Å². The Kier molecular flexibility index (Phi) is 5.02. The second-order valence-corrected chi connectivity index (χ2v) is 7.73. The lowest BCUT2D eigenvalue weighted by atomic mass is 10.2.